The van der Waals surface area contributed by atoms with Crippen molar-refractivity contribution in [3.05, 3.63) is 22.5 Å². The molecule has 1 aromatic heterocycles. The van der Waals surface area contributed by atoms with E-state index in [1.165, 1.54) is 0 Å². The highest BCUT2D eigenvalue weighted by Crippen LogP contribution is 2.23. The number of aryl methyl sites for hydroxylation is 1. The summed E-state index contributed by atoms with van der Waals surface area (Å²) >= 11 is 0. The number of carbonyl (C=O) groups excluding carboxylic acids is 2. The average Bonchev–Trinajstić information content (AvgIpc) is 2.63. The van der Waals surface area contributed by atoms with E-state index >= 15 is 0 Å². The molecule has 1 N–H and O–H groups in total. The molecule has 1 unspecified atom stereocenters. The molecule has 4 nitrogen and oxygen atoms in total. The van der Waals surface area contributed by atoms with Gasteiger partial charge in [-0.15, -0.1) is 0 Å². The van der Waals surface area contributed by atoms with Crippen LogP contribution in [-0.4, -0.2) is 29.5 Å². The van der Waals surface area contributed by atoms with Crippen LogP contribution in [0.25, 0.3) is 0 Å². The van der Waals surface area contributed by atoms with Gasteiger partial charge in [0.2, 0.25) is 0 Å². The number of halogens is 1. The van der Waals surface area contributed by atoms with E-state index in [0.717, 1.165) is 0 Å². The summed E-state index contributed by atoms with van der Waals surface area (Å²) < 4.78 is 18.7. The van der Waals surface area contributed by atoms with Crippen LogP contribution in [-0.2, 0) is 4.74 Å². The number of esters is 1. The summed E-state index contributed by atoms with van der Waals surface area (Å²) in [5, 5.41) is 0. The van der Waals surface area contributed by atoms with E-state index in [4.69, 9.17) is 4.74 Å². The SMILES string of the molecule is CCOC(=O)c1[nH]c(C)c(C(=O)C(F)C(C)C)c1C. The van der Waals surface area contributed by atoms with E-state index < -0.39 is 23.8 Å². The highest BCUT2D eigenvalue weighted by molar-refractivity contribution is 6.04. The number of carbonyl (C=O) groups is 2. The van der Waals surface area contributed by atoms with Crippen molar-refractivity contribution in [2.75, 3.05) is 6.61 Å². The van der Waals surface area contributed by atoms with Crippen LogP contribution in [0, 0.1) is 19.8 Å². The Balaban J connectivity index is 3.17. The van der Waals surface area contributed by atoms with Crippen LogP contribution in [0.5, 0.6) is 0 Å². The molecule has 1 aromatic rings. The van der Waals surface area contributed by atoms with Crippen molar-refractivity contribution in [3.8, 4) is 0 Å². The maximum atomic E-state index is 13.8. The average molecular weight is 269 g/mol. The smallest absolute Gasteiger partial charge is 0.355 e. The second-order valence-electron chi connectivity index (χ2n) is 4.86. The Morgan fingerprint density at radius 1 is 1.32 bits per heavy atom. The lowest BCUT2D eigenvalue weighted by Gasteiger charge is -2.11. The number of nitrogens with one attached hydrogen (secondary N) is 1. The minimum atomic E-state index is -1.57. The van der Waals surface area contributed by atoms with Crippen LogP contribution < -0.4 is 0 Å². The molecule has 1 heterocycles. The Bertz CT molecular complexity index is 491. The topological polar surface area (TPSA) is 59.2 Å². The summed E-state index contributed by atoms with van der Waals surface area (Å²) in [4.78, 5) is 26.6. The predicted octanol–water partition coefficient (Wildman–Crippen LogP) is 2.99. The van der Waals surface area contributed by atoms with Gasteiger partial charge in [0.1, 0.15) is 5.69 Å². The molecule has 0 radical (unpaired) electrons. The lowest BCUT2D eigenvalue weighted by Crippen LogP contribution is -2.22. The zero-order valence-electron chi connectivity index (χ0n) is 12.0. The first-order valence-corrected chi connectivity index (χ1v) is 6.35. The van der Waals surface area contributed by atoms with Crippen molar-refractivity contribution in [1.29, 1.82) is 0 Å². The van der Waals surface area contributed by atoms with Gasteiger partial charge in [-0.3, -0.25) is 4.79 Å². The van der Waals surface area contributed by atoms with Crippen molar-refractivity contribution >= 4 is 11.8 Å². The third kappa shape index (κ3) is 3.03. The van der Waals surface area contributed by atoms with E-state index in [2.05, 4.69) is 4.98 Å². The molecule has 0 aliphatic rings. The summed E-state index contributed by atoms with van der Waals surface area (Å²) in [5.41, 5.74) is 1.42. The maximum Gasteiger partial charge on any atom is 0.355 e. The van der Waals surface area contributed by atoms with E-state index in [1.807, 2.05) is 0 Å². The van der Waals surface area contributed by atoms with E-state index in [9.17, 15) is 14.0 Å². The van der Waals surface area contributed by atoms with Gasteiger partial charge >= 0.3 is 5.97 Å². The van der Waals surface area contributed by atoms with Crippen LogP contribution >= 0.6 is 0 Å². The number of hydrogen-bond donors (Lipinski definition) is 1. The predicted molar refractivity (Wildman–Crippen MR) is 70.3 cm³/mol. The van der Waals surface area contributed by atoms with Gasteiger partial charge in [0, 0.05) is 11.3 Å². The molecule has 1 rings (SSSR count). The molecule has 0 saturated carbocycles. The van der Waals surface area contributed by atoms with Gasteiger partial charge in [0.05, 0.1) is 6.61 Å². The monoisotopic (exact) mass is 269 g/mol. The minimum Gasteiger partial charge on any atom is -0.461 e. The molecule has 106 valence electrons. The Kier molecular flexibility index (Phi) is 4.86. The molecule has 0 aliphatic carbocycles. The lowest BCUT2D eigenvalue weighted by atomic mass is 9.96. The number of alkyl halides is 1. The highest BCUT2D eigenvalue weighted by Gasteiger charge is 2.29. The van der Waals surface area contributed by atoms with Crippen LogP contribution in [0.2, 0.25) is 0 Å². The van der Waals surface area contributed by atoms with Gasteiger partial charge in [-0.1, -0.05) is 13.8 Å². The van der Waals surface area contributed by atoms with Crippen LogP contribution in [0.15, 0.2) is 0 Å². The largest absolute Gasteiger partial charge is 0.461 e. The van der Waals surface area contributed by atoms with E-state index in [1.54, 1.807) is 34.6 Å². The molecule has 0 bridgehead atoms. The molecule has 1 atom stereocenters. The number of H-pyrrole nitrogens is 1. The first kappa shape index (κ1) is 15.4. The fourth-order valence-corrected chi connectivity index (χ4v) is 1.97. The molecular formula is C14H20FNO3. The molecule has 0 fully saturated rings. The molecule has 0 amide bonds. The summed E-state index contributed by atoms with van der Waals surface area (Å²) in [6.07, 6.45) is -1.57. The molecule has 5 heteroatoms. The fraction of sp³-hybridized carbons (Fsp3) is 0.571. The second kappa shape index (κ2) is 5.99. The van der Waals surface area contributed by atoms with Gasteiger partial charge < -0.3 is 9.72 Å². The first-order valence-electron chi connectivity index (χ1n) is 6.35. The number of rotatable bonds is 5. The first-order chi connectivity index (χ1) is 8.81. The Labute approximate surface area is 112 Å². The van der Waals surface area contributed by atoms with E-state index in [0.29, 0.717) is 11.3 Å². The summed E-state index contributed by atoms with van der Waals surface area (Å²) in [5.74, 6) is -1.51. The number of aromatic amines is 1. The summed E-state index contributed by atoms with van der Waals surface area (Å²) in [6.45, 7) is 8.51. The van der Waals surface area contributed by atoms with Gasteiger partial charge in [-0.25, -0.2) is 9.18 Å². The quantitative estimate of drug-likeness (QED) is 0.660. The normalized spacial score (nSPS) is 12.6. The van der Waals surface area contributed by atoms with Crippen molar-refractivity contribution < 1.29 is 18.7 Å². The van der Waals surface area contributed by atoms with Gasteiger partial charge in [0.25, 0.3) is 0 Å². The maximum absolute atomic E-state index is 13.8. The zero-order valence-corrected chi connectivity index (χ0v) is 12.0. The standard InChI is InChI=1S/C14H20FNO3/c1-6-19-14(18)12-8(4)10(9(5)16-12)13(17)11(15)7(2)3/h7,11,16H,6H2,1-5H3. The summed E-state index contributed by atoms with van der Waals surface area (Å²) in [7, 11) is 0. The molecule has 0 aromatic carbocycles. The fourth-order valence-electron chi connectivity index (χ4n) is 1.97. The van der Waals surface area contributed by atoms with Crippen molar-refractivity contribution in [2.45, 2.75) is 40.8 Å². The minimum absolute atomic E-state index is 0.221. The molecule has 0 spiro atoms. The number of aromatic nitrogens is 1. The van der Waals surface area contributed by atoms with Crippen LogP contribution in [0.4, 0.5) is 4.39 Å². The third-order valence-corrected chi connectivity index (χ3v) is 3.00. The number of Topliss-reactive ketones (excluding diaryl/α,β-unsaturated/α-hetero) is 1. The van der Waals surface area contributed by atoms with E-state index in [-0.39, 0.29) is 17.9 Å². The number of ether oxygens (including phenoxy) is 1. The second-order valence-corrected chi connectivity index (χ2v) is 4.86. The van der Waals surface area contributed by atoms with Crippen molar-refractivity contribution in [2.24, 2.45) is 5.92 Å². The Morgan fingerprint density at radius 3 is 2.37 bits per heavy atom. The Hall–Kier alpha value is -1.65. The molecule has 0 aliphatic heterocycles. The molecule has 19 heavy (non-hydrogen) atoms. The number of hydrogen-bond acceptors (Lipinski definition) is 3. The summed E-state index contributed by atoms with van der Waals surface area (Å²) in [6, 6.07) is 0. The van der Waals surface area contributed by atoms with Crippen molar-refractivity contribution in [3.63, 3.8) is 0 Å². The van der Waals surface area contributed by atoms with Gasteiger partial charge in [0.15, 0.2) is 12.0 Å². The highest BCUT2D eigenvalue weighted by atomic mass is 19.1. The lowest BCUT2D eigenvalue weighted by molar-refractivity contribution is 0.0519. The number of ketones is 1. The Morgan fingerprint density at radius 2 is 1.89 bits per heavy atom. The van der Waals surface area contributed by atoms with Gasteiger partial charge in [-0.05, 0) is 32.3 Å². The van der Waals surface area contributed by atoms with Crippen LogP contribution in [0.3, 0.4) is 0 Å². The third-order valence-electron chi connectivity index (χ3n) is 3.00. The van der Waals surface area contributed by atoms with Crippen molar-refractivity contribution in [1.82, 2.24) is 4.98 Å². The zero-order chi connectivity index (χ0) is 14.7. The van der Waals surface area contributed by atoms with Gasteiger partial charge in [-0.2, -0.15) is 0 Å². The van der Waals surface area contributed by atoms with Crippen LogP contribution in [0.1, 0.15) is 52.9 Å². The molecular weight excluding hydrogens is 249 g/mol. The molecule has 0 saturated heterocycles.